The van der Waals surface area contributed by atoms with Gasteiger partial charge in [0.25, 0.3) is 0 Å². The number of amides is 1. The third kappa shape index (κ3) is 4.45. The van der Waals surface area contributed by atoms with E-state index in [1.54, 1.807) is 27.4 Å². The lowest BCUT2D eigenvalue weighted by Gasteiger charge is -2.18. The molecule has 0 fully saturated rings. The average molecular weight is 408 g/mol. The normalized spacial score (nSPS) is 11.6. The highest BCUT2D eigenvalue weighted by Gasteiger charge is 2.19. The second-order valence-electron chi connectivity index (χ2n) is 5.48. The summed E-state index contributed by atoms with van der Waals surface area (Å²) in [6, 6.07) is 11.3. The maximum atomic E-state index is 12.5. The van der Waals surface area contributed by atoms with Gasteiger partial charge >= 0.3 is 0 Å². The first-order valence-corrected chi connectivity index (χ1v) is 8.62. The molecule has 1 unspecified atom stereocenters. The SMILES string of the molecule is COc1ccc(CC(=O)NC(C)c2ccccc2Br)c(OC)c1OC. The molecule has 2 aromatic carbocycles. The Morgan fingerprint density at radius 3 is 2.32 bits per heavy atom. The Labute approximate surface area is 156 Å². The Bertz CT molecular complexity index is 748. The summed E-state index contributed by atoms with van der Waals surface area (Å²) in [5.74, 6) is 1.44. The first-order chi connectivity index (χ1) is 12.0. The van der Waals surface area contributed by atoms with Crippen molar-refractivity contribution in [2.75, 3.05) is 21.3 Å². The number of halogens is 1. The molecule has 0 saturated carbocycles. The number of nitrogens with one attached hydrogen (secondary N) is 1. The third-order valence-electron chi connectivity index (χ3n) is 3.89. The van der Waals surface area contributed by atoms with Crippen molar-refractivity contribution in [3.8, 4) is 17.2 Å². The quantitative estimate of drug-likeness (QED) is 0.755. The Hall–Kier alpha value is -2.21. The molecular formula is C19H22BrNO4. The molecule has 0 bridgehead atoms. The van der Waals surface area contributed by atoms with Crippen LogP contribution in [0.2, 0.25) is 0 Å². The minimum Gasteiger partial charge on any atom is -0.493 e. The third-order valence-corrected chi connectivity index (χ3v) is 4.61. The molecule has 0 aliphatic rings. The van der Waals surface area contributed by atoms with Crippen LogP contribution in [0.15, 0.2) is 40.9 Å². The van der Waals surface area contributed by atoms with Crippen molar-refractivity contribution >= 4 is 21.8 Å². The monoisotopic (exact) mass is 407 g/mol. The van der Waals surface area contributed by atoms with Gasteiger partial charge < -0.3 is 19.5 Å². The standard InChI is InChI=1S/C19H22BrNO4/c1-12(14-7-5-6-8-15(14)20)21-17(22)11-13-9-10-16(23-2)19(25-4)18(13)24-3/h5-10,12H,11H2,1-4H3,(H,21,22). The number of carbonyl (C=O) groups excluding carboxylic acids is 1. The maximum Gasteiger partial charge on any atom is 0.225 e. The lowest BCUT2D eigenvalue weighted by atomic mass is 10.1. The molecule has 0 aliphatic heterocycles. The van der Waals surface area contributed by atoms with Crippen LogP contribution in [0.4, 0.5) is 0 Å². The van der Waals surface area contributed by atoms with Crippen LogP contribution >= 0.6 is 15.9 Å². The van der Waals surface area contributed by atoms with E-state index in [1.165, 1.54) is 0 Å². The van der Waals surface area contributed by atoms with Crippen molar-refractivity contribution in [2.45, 2.75) is 19.4 Å². The molecule has 0 saturated heterocycles. The van der Waals surface area contributed by atoms with Crippen molar-refractivity contribution in [1.29, 1.82) is 0 Å². The molecule has 6 heteroatoms. The molecule has 0 radical (unpaired) electrons. The lowest BCUT2D eigenvalue weighted by molar-refractivity contribution is -0.121. The number of ether oxygens (including phenoxy) is 3. The van der Waals surface area contributed by atoms with Crippen LogP contribution in [0.3, 0.4) is 0 Å². The molecule has 5 nitrogen and oxygen atoms in total. The van der Waals surface area contributed by atoms with Crippen LogP contribution in [0, 0.1) is 0 Å². The molecule has 0 aromatic heterocycles. The fraction of sp³-hybridized carbons (Fsp3) is 0.316. The second kappa shape index (κ2) is 8.76. The first kappa shape index (κ1) is 19.1. The maximum absolute atomic E-state index is 12.5. The second-order valence-corrected chi connectivity index (χ2v) is 6.34. The number of rotatable bonds is 7. The molecule has 1 N–H and O–H groups in total. The van der Waals surface area contributed by atoms with Crippen molar-refractivity contribution in [2.24, 2.45) is 0 Å². The van der Waals surface area contributed by atoms with E-state index in [9.17, 15) is 4.79 Å². The fourth-order valence-electron chi connectivity index (χ4n) is 2.67. The van der Waals surface area contributed by atoms with Crippen molar-refractivity contribution in [3.63, 3.8) is 0 Å². The minimum absolute atomic E-state index is 0.103. The van der Waals surface area contributed by atoms with Crippen molar-refractivity contribution < 1.29 is 19.0 Å². The summed E-state index contributed by atoms with van der Waals surface area (Å²) >= 11 is 3.51. The van der Waals surface area contributed by atoms with Gasteiger partial charge in [0.15, 0.2) is 11.5 Å². The van der Waals surface area contributed by atoms with Crippen molar-refractivity contribution in [1.82, 2.24) is 5.32 Å². The molecule has 0 heterocycles. The van der Waals surface area contributed by atoms with Crippen LogP contribution in [0.5, 0.6) is 17.2 Å². The molecule has 2 rings (SSSR count). The molecule has 134 valence electrons. The zero-order valence-corrected chi connectivity index (χ0v) is 16.3. The van der Waals surface area contributed by atoms with Gasteiger partial charge in [0.2, 0.25) is 11.7 Å². The van der Waals surface area contributed by atoms with Crippen LogP contribution in [-0.2, 0) is 11.2 Å². The Morgan fingerprint density at radius 2 is 1.72 bits per heavy atom. The van der Waals surface area contributed by atoms with Crippen LogP contribution in [0.1, 0.15) is 24.1 Å². The molecule has 2 aromatic rings. The predicted molar refractivity (Wildman–Crippen MR) is 101 cm³/mol. The number of carbonyl (C=O) groups is 1. The minimum atomic E-state index is -0.116. The zero-order chi connectivity index (χ0) is 18.4. The van der Waals surface area contributed by atoms with Crippen LogP contribution in [-0.4, -0.2) is 27.2 Å². The van der Waals surface area contributed by atoms with Gasteiger partial charge in [0, 0.05) is 10.0 Å². The average Bonchev–Trinajstić information content (AvgIpc) is 2.61. The predicted octanol–water partition coefficient (Wildman–Crippen LogP) is 3.89. The van der Waals surface area contributed by atoms with E-state index >= 15 is 0 Å². The number of benzene rings is 2. The van der Waals surface area contributed by atoms with E-state index in [4.69, 9.17) is 14.2 Å². The molecule has 0 aliphatic carbocycles. The topological polar surface area (TPSA) is 56.8 Å². The van der Waals surface area contributed by atoms with Crippen LogP contribution < -0.4 is 19.5 Å². The molecule has 25 heavy (non-hydrogen) atoms. The highest BCUT2D eigenvalue weighted by atomic mass is 79.9. The fourth-order valence-corrected chi connectivity index (χ4v) is 3.30. The van der Waals surface area contributed by atoms with E-state index < -0.39 is 0 Å². The lowest BCUT2D eigenvalue weighted by Crippen LogP contribution is -2.28. The van der Waals surface area contributed by atoms with E-state index in [-0.39, 0.29) is 18.4 Å². The number of methoxy groups -OCH3 is 3. The summed E-state index contributed by atoms with van der Waals surface area (Å²) in [7, 11) is 4.64. The van der Waals surface area contributed by atoms with Gasteiger partial charge in [0.1, 0.15) is 0 Å². The van der Waals surface area contributed by atoms with Gasteiger partial charge in [-0.2, -0.15) is 0 Å². The Balaban J connectivity index is 2.16. The van der Waals surface area contributed by atoms with Gasteiger partial charge in [-0.05, 0) is 24.6 Å². The first-order valence-electron chi connectivity index (χ1n) is 7.83. The van der Waals surface area contributed by atoms with Gasteiger partial charge in [0.05, 0.1) is 33.8 Å². The van der Waals surface area contributed by atoms with E-state index in [2.05, 4.69) is 21.2 Å². The zero-order valence-electron chi connectivity index (χ0n) is 14.8. The van der Waals surface area contributed by atoms with E-state index in [1.807, 2.05) is 37.3 Å². The Kier molecular flexibility index (Phi) is 6.70. The highest BCUT2D eigenvalue weighted by molar-refractivity contribution is 9.10. The number of hydrogen-bond acceptors (Lipinski definition) is 4. The largest absolute Gasteiger partial charge is 0.493 e. The molecule has 0 spiro atoms. The highest BCUT2D eigenvalue weighted by Crippen LogP contribution is 2.39. The van der Waals surface area contributed by atoms with E-state index in [0.29, 0.717) is 17.2 Å². The summed E-state index contributed by atoms with van der Waals surface area (Å²) < 4.78 is 17.0. The summed E-state index contributed by atoms with van der Waals surface area (Å²) in [6.07, 6.45) is 0.179. The smallest absolute Gasteiger partial charge is 0.225 e. The summed E-state index contributed by atoms with van der Waals surface area (Å²) in [5, 5.41) is 3.01. The summed E-state index contributed by atoms with van der Waals surface area (Å²) in [6.45, 7) is 1.95. The van der Waals surface area contributed by atoms with Crippen LogP contribution in [0.25, 0.3) is 0 Å². The van der Waals surface area contributed by atoms with Gasteiger partial charge in [-0.3, -0.25) is 4.79 Å². The summed E-state index contributed by atoms with van der Waals surface area (Å²) in [5.41, 5.74) is 1.76. The molecular weight excluding hydrogens is 386 g/mol. The molecule has 1 amide bonds. The van der Waals surface area contributed by atoms with Gasteiger partial charge in [-0.1, -0.05) is 40.2 Å². The Morgan fingerprint density at radius 1 is 1.04 bits per heavy atom. The molecule has 1 atom stereocenters. The van der Waals surface area contributed by atoms with Gasteiger partial charge in [-0.15, -0.1) is 0 Å². The van der Waals surface area contributed by atoms with Crippen molar-refractivity contribution in [3.05, 3.63) is 52.0 Å². The summed E-state index contributed by atoms with van der Waals surface area (Å²) in [4.78, 5) is 12.5. The number of hydrogen-bond donors (Lipinski definition) is 1. The van der Waals surface area contributed by atoms with E-state index in [0.717, 1.165) is 15.6 Å². The van der Waals surface area contributed by atoms with Gasteiger partial charge in [-0.25, -0.2) is 0 Å².